The summed E-state index contributed by atoms with van der Waals surface area (Å²) >= 11 is 0. The number of halogens is 1. The van der Waals surface area contributed by atoms with E-state index in [1.807, 2.05) is 12.4 Å². The number of aliphatic imine (C=N–C) groups is 1. The second kappa shape index (κ2) is 16.1. The number of nitrogens with zero attached hydrogens (tertiary/aromatic N) is 4. The van der Waals surface area contributed by atoms with Crippen LogP contribution in [-0.4, -0.2) is 67.9 Å². The van der Waals surface area contributed by atoms with Crippen molar-refractivity contribution < 1.29 is 4.74 Å². The summed E-state index contributed by atoms with van der Waals surface area (Å²) in [4.78, 5) is 11.1. The van der Waals surface area contributed by atoms with Gasteiger partial charge in [-0.15, -0.1) is 24.0 Å². The number of hydrogen-bond donors (Lipinski definition) is 2. The van der Waals surface area contributed by atoms with Gasteiger partial charge in [0.15, 0.2) is 5.96 Å². The zero-order chi connectivity index (χ0) is 20.7. The van der Waals surface area contributed by atoms with Gasteiger partial charge in [0.25, 0.3) is 0 Å². The van der Waals surface area contributed by atoms with Crippen LogP contribution in [-0.2, 0) is 24.2 Å². The van der Waals surface area contributed by atoms with E-state index in [1.165, 1.54) is 5.56 Å². The van der Waals surface area contributed by atoms with Crippen molar-refractivity contribution in [3.8, 4) is 0 Å². The summed E-state index contributed by atoms with van der Waals surface area (Å²) in [5.74, 6) is 1.83. The molecule has 1 aromatic heterocycles. The fourth-order valence-corrected chi connectivity index (χ4v) is 3.15. The van der Waals surface area contributed by atoms with Gasteiger partial charge in [-0.1, -0.05) is 30.3 Å². The van der Waals surface area contributed by atoms with E-state index in [2.05, 4.69) is 67.5 Å². The molecular weight excluding hydrogens is 491 g/mol. The van der Waals surface area contributed by atoms with Crippen LogP contribution in [0, 0.1) is 0 Å². The molecule has 0 saturated carbocycles. The van der Waals surface area contributed by atoms with Crippen LogP contribution >= 0.6 is 24.0 Å². The molecule has 0 aliphatic heterocycles. The number of hydrogen-bond acceptors (Lipinski definition) is 4. The summed E-state index contributed by atoms with van der Waals surface area (Å²) in [7, 11) is 5.66. The standard InChI is InChI=1S/C22H36N6O.HI/c1-23-22(25-12-16-27(2)14-8-18-29-3)26-19-21-24-13-17-28(21)15-7-11-20-9-5-4-6-10-20;/h4-6,9-10,13,17H,7-8,11-12,14-16,18-19H2,1-3H3,(H2,23,25,26);1H. The van der Waals surface area contributed by atoms with Gasteiger partial charge in [0, 0.05) is 59.3 Å². The van der Waals surface area contributed by atoms with E-state index in [-0.39, 0.29) is 24.0 Å². The van der Waals surface area contributed by atoms with Crippen LogP contribution in [0.15, 0.2) is 47.7 Å². The van der Waals surface area contributed by atoms with Gasteiger partial charge in [0.05, 0.1) is 6.54 Å². The Kier molecular flexibility index (Phi) is 14.2. The third kappa shape index (κ3) is 10.4. The van der Waals surface area contributed by atoms with Crippen LogP contribution in [0.2, 0.25) is 0 Å². The predicted molar refractivity (Wildman–Crippen MR) is 135 cm³/mol. The van der Waals surface area contributed by atoms with E-state index < -0.39 is 0 Å². The number of benzene rings is 1. The van der Waals surface area contributed by atoms with Crippen LogP contribution in [0.25, 0.3) is 0 Å². The first-order chi connectivity index (χ1) is 14.2. The van der Waals surface area contributed by atoms with Crippen molar-refractivity contribution in [2.24, 2.45) is 4.99 Å². The lowest BCUT2D eigenvalue weighted by molar-refractivity contribution is 0.180. The number of rotatable bonds is 13. The molecule has 0 atom stereocenters. The monoisotopic (exact) mass is 528 g/mol. The van der Waals surface area contributed by atoms with Crippen molar-refractivity contribution in [1.29, 1.82) is 0 Å². The molecule has 2 aromatic rings. The highest BCUT2D eigenvalue weighted by Gasteiger charge is 2.05. The van der Waals surface area contributed by atoms with Crippen molar-refractivity contribution in [2.45, 2.75) is 32.4 Å². The molecule has 0 fully saturated rings. The minimum Gasteiger partial charge on any atom is -0.385 e. The molecular formula is C22H37IN6O. The maximum absolute atomic E-state index is 5.10. The SMILES string of the molecule is CN=C(NCCN(C)CCCOC)NCc1nccn1CCCc1ccccc1.I. The number of guanidine groups is 1. The first-order valence-corrected chi connectivity index (χ1v) is 10.4. The highest BCUT2D eigenvalue weighted by Crippen LogP contribution is 2.05. The number of imidazole rings is 1. The molecule has 2 N–H and O–H groups in total. The third-order valence-electron chi connectivity index (χ3n) is 4.82. The molecule has 0 amide bonds. The largest absolute Gasteiger partial charge is 0.385 e. The molecule has 1 aromatic carbocycles. The molecule has 0 aliphatic carbocycles. The molecule has 30 heavy (non-hydrogen) atoms. The molecule has 0 bridgehead atoms. The Bertz CT molecular complexity index is 707. The molecule has 0 saturated heterocycles. The fraction of sp³-hybridized carbons (Fsp3) is 0.545. The molecule has 0 unspecified atom stereocenters. The normalized spacial score (nSPS) is 11.4. The summed E-state index contributed by atoms with van der Waals surface area (Å²) in [5, 5.41) is 6.73. The zero-order valence-corrected chi connectivity index (χ0v) is 20.8. The third-order valence-corrected chi connectivity index (χ3v) is 4.82. The zero-order valence-electron chi connectivity index (χ0n) is 18.5. The van der Waals surface area contributed by atoms with E-state index in [9.17, 15) is 0 Å². The Labute approximate surface area is 198 Å². The van der Waals surface area contributed by atoms with Crippen molar-refractivity contribution in [2.75, 3.05) is 47.4 Å². The van der Waals surface area contributed by atoms with Crippen LogP contribution in [0.1, 0.15) is 24.2 Å². The number of aromatic nitrogens is 2. The Hall–Kier alpha value is -1.65. The molecule has 8 heteroatoms. The maximum Gasteiger partial charge on any atom is 0.191 e. The first kappa shape index (κ1) is 26.4. The summed E-state index contributed by atoms with van der Waals surface area (Å²) in [5.41, 5.74) is 1.38. The van der Waals surface area contributed by atoms with E-state index >= 15 is 0 Å². The van der Waals surface area contributed by atoms with Crippen molar-refractivity contribution in [1.82, 2.24) is 25.1 Å². The summed E-state index contributed by atoms with van der Waals surface area (Å²) in [6.07, 6.45) is 7.13. The lowest BCUT2D eigenvalue weighted by atomic mass is 10.1. The lowest BCUT2D eigenvalue weighted by Gasteiger charge is -2.18. The number of aryl methyl sites for hydroxylation is 2. The molecule has 7 nitrogen and oxygen atoms in total. The lowest BCUT2D eigenvalue weighted by Crippen LogP contribution is -2.41. The first-order valence-electron chi connectivity index (χ1n) is 10.4. The van der Waals surface area contributed by atoms with Gasteiger partial charge in [-0.3, -0.25) is 4.99 Å². The number of nitrogens with one attached hydrogen (secondary N) is 2. The van der Waals surface area contributed by atoms with Gasteiger partial charge in [-0.25, -0.2) is 4.98 Å². The molecule has 0 radical (unpaired) electrons. The van der Waals surface area contributed by atoms with Crippen LogP contribution in [0.3, 0.4) is 0 Å². The van der Waals surface area contributed by atoms with Crippen LogP contribution < -0.4 is 10.6 Å². The van der Waals surface area contributed by atoms with Gasteiger partial charge in [-0.2, -0.15) is 0 Å². The van der Waals surface area contributed by atoms with Gasteiger partial charge in [0.2, 0.25) is 0 Å². The van der Waals surface area contributed by atoms with Gasteiger partial charge >= 0.3 is 0 Å². The van der Waals surface area contributed by atoms with Crippen LogP contribution in [0.5, 0.6) is 0 Å². The number of likely N-dealkylation sites (N-methyl/N-ethyl adjacent to an activating group) is 1. The molecule has 168 valence electrons. The highest BCUT2D eigenvalue weighted by atomic mass is 127. The molecule has 0 aliphatic rings. The second-order valence-corrected chi connectivity index (χ2v) is 7.13. The fourth-order valence-electron chi connectivity index (χ4n) is 3.15. The molecule has 1 heterocycles. The van der Waals surface area contributed by atoms with Crippen molar-refractivity contribution >= 4 is 29.9 Å². The van der Waals surface area contributed by atoms with Gasteiger partial charge < -0.3 is 24.8 Å². The van der Waals surface area contributed by atoms with Crippen molar-refractivity contribution in [3.05, 3.63) is 54.1 Å². The summed E-state index contributed by atoms with van der Waals surface area (Å²) in [6, 6.07) is 10.6. The maximum atomic E-state index is 5.10. The van der Waals surface area contributed by atoms with Crippen LogP contribution in [0.4, 0.5) is 0 Å². The molecule has 0 spiro atoms. The average Bonchev–Trinajstić information content (AvgIpc) is 3.19. The topological polar surface area (TPSA) is 66.7 Å². The van der Waals surface area contributed by atoms with E-state index in [1.54, 1.807) is 14.2 Å². The predicted octanol–water partition coefficient (Wildman–Crippen LogP) is 2.77. The minimum atomic E-state index is 0. The van der Waals surface area contributed by atoms with Crippen molar-refractivity contribution in [3.63, 3.8) is 0 Å². The highest BCUT2D eigenvalue weighted by molar-refractivity contribution is 14.0. The number of methoxy groups -OCH3 is 1. The van der Waals surface area contributed by atoms with E-state index in [4.69, 9.17) is 4.74 Å². The Morgan fingerprint density at radius 3 is 2.70 bits per heavy atom. The summed E-state index contributed by atoms with van der Waals surface area (Å²) < 4.78 is 7.31. The smallest absolute Gasteiger partial charge is 0.191 e. The minimum absolute atomic E-state index is 0. The summed E-state index contributed by atoms with van der Waals surface area (Å²) in [6.45, 7) is 5.25. The second-order valence-electron chi connectivity index (χ2n) is 7.13. The average molecular weight is 528 g/mol. The van der Waals surface area contributed by atoms with Gasteiger partial charge in [-0.05, 0) is 31.9 Å². The van der Waals surface area contributed by atoms with E-state index in [0.29, 0.717) is 6.54 Å². The Morgan fingerprint density at radius 2 is 1.97 bits per heavy atom. The molecule has 2 rings (SSSR count). The Balaban J connectivity index is 0.00000450. The Morgan fingerprint density at radius 1 is 1.17 bits per heavy atom. The quantitative estimate of drug-likeness (QED) is 0.181. The van der Waals surface area contributed by atoms with Gasteiger partial charge in [0.1, 0.15) is 5.82 Å². The number of ether oxygens (including phenoxy) is 1. The van der Waals surface area contributed by atoms with E-state index in [0.717, 1.165) is 63.8 Å².